The van der Waals surface area contributed by atoms with Crippen LogP contribution in [0.3, 0.4) is 0 Å². The number of imide groups is 1. The lowest BCUT2D eigenvalue weighted by Crippen LogP contribution is -2.30. The van der Waals surface area contributed by atoms with Crippen molar-refractivity contribution in [2.45, 2.75) is 33.1 Å². The van der Waals surface area contributed by atoms with E-state index < -0.39 is 24.5 Å². The zero-order valence-electron chi connectivity index (χ0n) is 20.2. The molecule has 0 radical (unpaired) electrons. The van der Waals surface area contributed by atoms with Crippen molar-refractivity contribution < 1.29 is 33.4 Å². The number of hydrogen-bond donors (Lipinski definition) is 1. The molecular weight excluding hydrogens is 464 g/mol. The van der Waals surface area contributed by atoms with Gasteiger partial charge in [-0.1, -0.05) is 6.92 Å². The first-order valence-electron chi connectivity index (χ1n) is 12.0. The number of anilines is 2. The van der Waals surface area contributed by atoms with Crippen LogP contribution in [0.15, 0.2) is 48.5 Å². The van der Waals surface area contributed by atoms with Crippen molar-refractivity contribution in [2.24, 2.45) is 17.8 Å². The summed E-state index contributed by atoms with van der Waals surface area (Å²) in [5.74, 6) is -2.20. The number of esters is 2. The predicted octanol–water partition coefficient (Wildman–Crippen LogP) is 3.58. The van der Waals surface area contributed by atoms with Crippen LogP contribution in [-0.4, -0.2) is 42.9 Å². The van der Waals surface area contributed by atoms with Crippen LogP contribution in [0, 0.1) is 17.8 Å². The molecule has 2 aromatic rings. The molecule has 3 amide bonds. The van der Waals surface area contributed by atoms with E-state index in [9.17, 15) is 24.0 Å². The maximum atomic E-state index is 12.9. The Kier molecular flexibility index (Phi) is 7.47. The average Bonchev–Trinajstić information content (AvgIpc) is 3.12. The van der Waals surface area contributed by atoms with Crippen molar-refractivity contribution in [1.82, 2.24) is 0 Å². The summed E-state index contributed by atoms with van der Waals surface area (Å²) in [6.45, 7) is 3.56. The smallest absolute Gasteiger partial charge is 0.338 e. The lowest BCUT2D eigenvalue weighted by atomic mass is 9.76. The van der Waals surface area contributed by atoms with Gasteiger partial charge in [0.05, 0.1) is 35.3 Å². The molecule has 1 heterocycles. The fourth-order valence-corrected chi connectivity index (χ4v) is 4.71. The van der Waals surface area contributed by atoms with E-state index in [1.165, 1.54) is 29.2 Å². The highest BCUT2D eigenvalue weighted by Gasteiger charge is 2.49. The first-order chi connectivity index (χ1) is 17.3. The summed E-state index contributed by atoms with van der Waals surface area (Å²) >= 11 is 0. The van der Waals surface area contributed by atoms with Crippen LogP contribution in [-0.2, 0) is 23.9 Å². The maximum Gasteiger partial charge on any atom is 0.338 e. The molecule has 1 saturated carbocycles. The number of nitrogens with one attached hydrogen (secondary N) is 1. The Morgan fingerprint density at radius 1 is 0.861 bits per heavy atom. The van der Waals surface area contributed by atoms with Crippen LogP contribution >= 0.6 is 0 Å². The molecule has 0 spiro atoms. The topological polar surface area (TPSA) is 119 Å². The van der Waals surface area contributed by atoms with Crippen LogP contribution < -0.4 is 10.2 Å². The molecule has 9 heteroatoms. The van der Waals surface area contributed by atoms with Crippen molar-refractivity contribution in [3.8, 4) is 0 Å². The van der Waals surface area contributed by atoms with Gasteiger partial charge < -0.3 is 14.8 Å². The number of amides is 3. The molecule has 0 aromatic heterocycles. The Morgan fingerprint density at radius 3 is 2.08 bits per heavy atom. The van der Waals surface area contributed by atoms with Gasteiger partial charge in [-0.25, -0.2) is 9.59 Å². The Bertz CT molecular complexity index is 1170. The fourth-order valence-electron chi connectivity index (χ4n) is 4.71. The van der Waals surface area contributed by atoms with Crippen molar-refractivity contribution in [2.75, 3.05) is 23.4 Å². The second-order valence-corrected chi connectivity index (χ2v) is 9.11. The van der Waals surface area contributed by atoms with Gasteiger partial charge in [0, 0.05) is 5.69 Å². The van der Waals surface area contributed by atoms with Crippen molar-refractivity contribution in [3.63, 3.8) is 0 Å². The van der Waals surface area contributed by atoms with Crippen molar-refractivity contribution in [1.29, 1.82) is 0 Å². The number of benzene rings is 2. The average molecular weight is 493 g/mol. The highest BCUT2D eigenvalue weighted by Crippen LogP contribution is 2.42. The monoisotopic (exact) mass is 492 g/mol. The minimum absolute atomic E-state index is 0.181. The standard InChI is InChI=1S/C27H28N2O7/c1-3-35-26(33)17-5-9-19(10-6-17)28-23(30)15-36-27(34)18-7-11-20(12-8-18)29-24(31)21-13-4-16(2)14-22(21)25(29)32/h5-12,16,21-22H,3-4,13-15H2,1-2H3,(H,28,30)/t16-,21+,22-/m0/s1. The summed E-state index contributed by atoms with van der Waals surface area (Å²) in [6.07, 6.45) is 2.37. The summed E-state index contributed by atoms with van der Waals surface area (Å²) in [4.78, 5) is 63.2. The molecule has 2 fully saturated rings. The SMILES string of the molecule is CCOC(=O)c1ccc(NC(=O)COC(=O)c2ccc(N3C(=O)[C@H]4C[C@@H](C)CC[C@H]4C3=O)cc2)cc1. The first-order valence-corrected chi connectivity index (χ1v) is 12.0. The number of ether oxygens (including phenoxy) is 2. The molecule has 0 bridgehead atoms. The number of carbonyl (C=O) groups excluding carboxylic acids is 5. The molecule has 1 saturated heterocycles. The lowest BCUT2D eigenvalue weighted by Gasteiger charge is -2.25. The quantitative estimate of drug-likeness (QED) is 0.463. The van der Waals surface area contributed by atoms with E-state index >= 15 is 0 Å². The lowest BCUT2D eigenvalue weighted by molar-refractivity contribution is -0.122. The highest BCUT2D eigenvalue weighted by molar-refractivity contribution is 6.22. The van der Waals surface area contributed by atoms with E-state index in [0.717, 1.165) is 12.8 Å². The van der Waals surface area contributed by atoms with Gasteiger partial charge >= 0.3 is 11.9 Å². The second-order valence-electron chi connectivity index (χ2n) is 9.11. The first kappa shape index (κ1) is 25.1. The molecule has 1 aliphatic heterocycles. The molecule has 1 aliphatic carbocycles. The number of nitrogens with zero attached hydrogens (tertiary/aromatic N) is 1. The zero-order chi connectivity index (χ0) is 25.8. The van der Waals surface area contributed by atoms with Crippen molar-refractivity contribution >= 4 is 41.0 Å². The Hall–Kier alpha value is -4.01. The summed E-state index contributed by atoms with van der Waals surface area (Å²) in [5.41, 5.74) is 1.40. The summed E-state index contributed by atoms with van der Waals surface area (Å²) in [7, 11) is 0. The predicted molar refractivity (Wildman–Crippen MR) is 130 cm³/mol. The van der Waals surface area contributed by atoms with E-state index in [1.807, 2.05) is 0 Å². The second kappa shape index (κ2) is 10.7. The van der Waals surface area contributed by atoms with Gasteiger partial charge in [0.2, 0.25) is 11.8 Å². The van der Waals surface area contributed by atoms with E-state index in [4.69, 9.17) is 9.47 Å². The number of rotatable bonds is 7. The van der Waals surface area contributed by atoms with E-state index in [0.29, 0.717) is 29.3 Å². The van der Waals surface area contributed by atoms with Gasteiger partial charge in [-0.2, -0.15) is 0 Å². The largest absolute Gasteiger partial charge is 0.462 e. The normalized spacial score (nSPS) is 21.1. The van der Waals surface area contributed by atoms with Gasteiger partial charge in [-0.05, 0) is 80.6 Å². The number of carbonyl (C=O) groups is 5. The van der Waals surface area contributed by atoms with E-state index in [1.54, 1.807) is 31.2 Å². The molecular formula is C27H28N2O7. The zero-order valence-corrected chi connectivity index (χ0v) is 20.2. The Morgan fingerprint density at radius 2 is 1.44 bits per heavy atom. The molecule has 2 aliphatic rings. The minimum atomic E-state index is -0.712. The highest BCUT2D eigenvalue weighted by atomic mass is 16.5. The molecule has 2 aromatic carbocycles. The van der Waals surface area contributed by atoms with Gasteiger partial charge in [-0.15, -0.1) is 0 Å². The van der Waals surface area contributed by atoms with Crippen LogP contribution in [0.25, 0.3) is 0 Å². The molecule has 3 atom stereocenters. The maximum absolute atomic E-state index is 12.9. The summed E-state index contributed by atoms with van der Waals surface area (Å²) in [6, 6.07) is 12.1. The molecule has 4 rings (SSSR count). The number of hydrogen-bond acceptors (Lipinski definition) is 7. The third-order valence-corrected chi connectivity index (χ3v) is 6.56. The van der Waals surface area contributed by atoms with Gasteiger partial charge in [0.1, 0.15) is 0 Å². The van der Waals surface area contributed by atoms with E-state index in [2.05, 4.69) is 12.2 Å². The number of fused-ring (bicyclic) bond motifs is 1. The molecule has 0 unspecified atom stereocenters. The van der Waals surface area contributed by atoms with Gasteiger partial charge in [0.15, 0.2) is 6.61 Å². The van der Waals surface area contributed by atoms with Gasteiger partial charge in [-0.3, -0.25) is 19.3 Å². The van der Waals surface area contributed by atoms with Crippen LogP contribution in [0.2, 0.25) is 0 Å². The van der Waals surface area contributed by atoms with Gasteiger partial charge in [0.25, 0.3) is 5.91 Å². The van der Waals surface area contributed by atoms with Crippen LogP contribution in [0.4, 0.5) is 11.4 Å². The van der Waals surface area contributed by atoms with Crippen LogP contribution in [0.5, 0.6) is 0 Å². The Labute approximate surface area is 208 Å². The minimum Gasteiger partial charge on any atom is -0.462 e. The molecule has 1 N–H and O–H groups in total. The molecule has 9 nitrogen and oxygen atoms in total. The summed E-state index contributed by atoms with van der Waals surface area (Å²) in [5, 5.41) is 2.58. The molecule has 188 valence electrons. The van der Waals surface area contributed by atoms with Crippen LogP contribution in [0.1, 0.15) is 53.8 Å². The summed E-state index contributed by atoms with van der Waals surface area (Å²) < 4.78 is 9.99. The van der Waals surface area contributed by atoms with E-state index in [-0.39, 0.29) is 35.8 Å². The fraction of sp³-hybridized carbons (Fsp3) is 0.370. The third-order valence-electron chi connectivity index (χ3n) is 6.56. The molecule has 36 heavy (non-hydrogen) atoms. The Balaban J connectivity index is 1.31. The third kappa shape index (κ3) is 5.30. The van der Waals surface area contributed by atoms with Crippen molar-refractivity contribution in [3.05, 3.63) is 59.7 Å².